The highest BCUT2D eigenvalue weighted by atomic mass is 28.3. The number of aldehydes is 1. The predicted molar refractivity (Wildman–Crippen MR) is 74.3 cm³/mol. The normalized spacial score (nSPS) is 13.6. The van der Waals surface area contributed by atoms with E-state index in [0.29, 0.717) is 0 Å². The third kappa shape index (κ3) is 4.57. The lowest BCUT2D eigenvalue weighted by molar-refractivity contribution is -0.108. The van der Waals surface area contributed by atoms with E-state index in [2.05, 4.69) is 25.3 Å². The lowest BCUT2D eigenvalue weighted by Crippen LogP contribution is -2.16. The van der Waals surface area contributed by atoms with Crippen molar-refractivity contribution in [1.29, 1.82) is 0 Å². The minimum atomic E-state index is -1.25. The van der Waals surface area contributed by atoms with Crippen LogP contribution in [0, 0.1) is 0 Å². The van der Waals surface area contributed by atoms with Gasteiger partial charge < -0.3 is 9.53 Å². The molecular formula is C14H20O2Si. The average Bonchev–Trinajstić information content (AvgIpc) is 2.29. The lowest BCUT2D eigenvalue weighted by atomic mass is 10.0. The second kappa shape index (κ2) is 5.82. The molecule has 0 amide bonds. The van der Waals surface area contributed by atoms with E-state index in [0.717, 1.165) is 17.6 Å². The number of hydrogen-bond donors (Lipinski definition) is 0. The standard InChI is InChI=1S/C14H20O2Si/c1-16-14-7-5-12(6-8-14)13(11-15)9-10-17(2,3)4/h5-11,13H,1-4H3/b10-9+. The number of methoxy groups -OCH3 is 1. The SMILES string of the molecule is COc1ccc(C(C=O)/C=C/[Si](C)(C)C)cc1. The van der Waals surface area contributed by atoms with Crippen LogP contribution in [0.2, 0.25) is 19.6 Å². The van der Waals surface area contributed by atoms with Gasteiger partial charge in [0.15, 0.2) is 0 Å². The second-order valence-electron chi connectivity index (χ2n) is 5.16. The van der Waals surface area contributed by atoms with Gasteiger partial charge in [-0.15, -0.1) is 0 Å². The molecule has 0 spiro atoms. The van der Waals surface area contributed by atoms with E-state index in [9.17, 15) is 4.79 Å². The van der Waals surface area contributed by atoms with Crippen molar-refractivity contribution >= 4 is 14.4 Å². The molecule has 92 valence electrons. The van der Waals surface area contributed by atoms with Gasteiger partial charge >= 0.3 is 0 Å². The monoisotopic (exact) mass is 248 g/mol. The molecule has 3 heteroatoms. The molecule has 0 aliphatic rings. The molecule has 1 aromatic rings. The van der Waals surface area contributed by atoms with Crippen LogP contribution in [0.3, 0.4) is 0 Å². The van der Waals surface area contributed by atoms with Crippen molar-refractivity contribution in [3.63, 3.8) is 0 Å². The molecule has 1 atom stereocenters. The number of rotatable bonds is 5. The van der Waals surface area contributed by atoms with Crippen LogP contribution in [0.1, 0.15) is 11.5 Å². The number of carbonyl (C=O) groups excluding carboxylic acids is 1. The summed E-state index contributed by atoms with van der Waals surface area (Å²) in [6.07, 6.45) is 3.00. The Labute approximate surface area is 104 Å². The Morgan fingerprint density at radius 2 is 1.76 bits per heavy atom. The van der Waals surface area contributed by atoms with Crippen molar-refractivity contribution in [3.05, 3.63) is 41.6 Å². The van der Waals surface area contributed by atoms with Gasteiger partial charge in [-0.1, -0.05) is 43.5 Å². The summed E-state index contributed by atoms with van der Waals surface area (Å²) in [7, 11) is 0.385. The second-order valence-corrected chi connectivity index (χ2v) is 10.2. The van der Waals surface area contributed by atoms with Gasteiger partial charge in [-0.25, -0.2) is 0 Å². The van der Waals surface area contributed by atoms with Crippen LogP contribution in [-0.4, -0.2) is 21.5 Å². The van der Waals surface area contributed by atoms with Crippen LogP contribution in [0.4, 0.5) is 0 Å². The minimum Gasteiger partial charge on any atom is -0.497 e. The van der Waals surface area contributed by atoms with E-state index in [1.54, 1.807) is 7.11 Å². The summed E-state index contributed by atoms with van der Waals surface area (Å²) in [4.78, 5) is 11.1. The molecule has 2 nitrogen and oxygen atoms in total. The fourth-order valence-electron chi connectivity index (χ4n) is 1.45. The summed E-state index contributed by atoms with van der Waals surface area (Å²) in [6.45, 7) is 6.75. The summed E-state index contributed by atoms with van der Waals surface area (Å²) in [5.41, 5.74) is 3.21. The van der Waals surface area contributed by atoms with E-state index >= 15 is 0 Å². The molecule has 0 bridgehead atoms. The number of hydrogen-bond acceptors (Lipinski definition) is 2. The van der Waals surface area contributed by atoms with Gasteiger partial charge in [0.2, 0.25) is 0 Å². The Balaban J connectivity index is 2.86. The largest absolute Gasteiger partial charge is 0.497 e. The molecule has 1 unspecified atom stereocenters. The van der Waals surface area contributed by atoms with Crippen molar-refractivity contribution < 1.29 is 9.53 Å². The zero-order valence-corrected chi connectivity index (χ0v) is 11.9. The van der Waals surface area contributed by atoms with Crippen LogP contribution < -0.4 is 4.74 Å². The van der Waals surface area contributed by atoms with Crippen LogP contribution in [0.15, 0.2) is 36.0 Å². The number of allylic oxidation sites excluding steroid dienone is 1. The van der Waals surface area contributed by atoms with Crippen molar-refractivity contribution in [1.82, 2.24) is 0 Å². The van der Waals surface area contributed by atoms with Crippen LogP contribution in [0.5, 0.6) is 5.75 Å². The maximum Gasteiger partial charge on any atom is 0.131 e. The lowest BCUT2D eigenvalue weighted by Gasteiger charge is -2.11. The molecular weight excluding hydrogens is 228 g/mol. The van der Waals surface area contributed by atoms with Crippen molar-refractivity contribution in [2.45, 2.75) is 25.6 Å². The maximum absolute atomic E-state index is 11.1. The molecule has 0 heterocycles. The van der Waals surface area contributed by atoms with Gasteiger partial charge in [0, 0.05) is 0 Å². The first-order valence-electron chi connectivity index (χ1n) is 5.75. The zero-order valence-electron chi connectivity index (χ0n) is 10.9. The summed E-state index contributed by atoms with van der Waals surface area (Å²) >= 11 is 0. The number of carbonyl (C=O) groups is 1. The first-order chi connectivity index (χ1) is 7.96. The Hall–Kier alpha value is -1.35. The third-order valence-corrected chi connectivity index (χ3v) is 3.64. The first kappa shape index (κ1) is 13.7. The highest BCUT2D eigenvalue weighted by Crippen LogP contribution is 2.20. The molecule has 0 radical (unpaired) electrons. The highest BCUT2D eigenvalue weighted by Gasteiger charge is 2.11. The number of benzene rings is 1. The molecule has 0 aromatic heterocycles. The van der Waals surface area contributed by atoms with E-state index in [4.69, 9.17) is 4.74 Å². The van der Waals surface area contributed by atoms with Gasteiger partial charge in [-0.3, -0.25) is 0 Å². The molecule has 1 aromatic carbocycles. The van der Waals surface area contributed by atoms with Gasteiger partial charge in [0.05, 0.1) is 21.1 Å². The van der Waals surface area contributed by atoms with Crippen LogP contribution in [0.25, 0.3) is 0 Å². The maximum atomic E-state index is 11.1. The summed E-state index contributed by atoms with van der Waals surface area (Å²) in [5, 5.41) is 0. The van der Waals surface area contributed by atoms with Crippen molar-refractivity contribution in [2.75, 3.05) is 7.11 Å². The molecule has 0 N–H and O–H groups in total. The Morgan fingerprint density at radius 3 is 2.18 bits per heavy atom. The minimum absolute atomic E-state index is 0.146. The third-order valence-electron chi connectivity index (χ3n) is 2.45. The predicted octanol–water partition coefficient (Wildman–Crippen LogP) is 3.41. The van der Waals surface area contributed by atoms with E-state index < -0.39 is 8.07 Å². The number of ether oxygens (including phenoxy) is 1. The molecule has 0 aliphatic heterocycles. The van der Waals surface area contributed by atoms with Crippen molar-refractivity contribution in [2.24, 2.45) is 0 Å². The highest BCUT2D eigenvalue weighted by molar-refractivity contribution is 6.80. The van der Waals surface area contributed by atoms with Crippen LogP contribution in [-0.2, 0) is 4.79 Å². The van der Waals surface area contributed by atoms with E-state index in [-0.39, 0.29) is 5.92 Å². The van der Waals surface area contributed by atoms with Crippen LogP contribution >= 0.6 is 0 Å². The summed E-state index contributed by atoms with van der Waals surface area (Å²) < 4.78 is 5.10. The van der Waals surface area contributed by atoms with E-state index in [1.165, 1.54) is 0 Å². The topological polar surface area (TPSA) is 26.3 Å². The van der Waals surface area contributed by atoms with E-state index in [1.807, 2.05) is 30.3 Å². The van der Waals surface area contributed by atoms with Gasteiger partial charge in [0.1, 0.15) is 12.0 Å². The molecule has 0 saturated heterocycles. The quantitative estimate of drug-likeness (QED) is 0.589. The molecule has 1 rings (SSSR count). The summed E-state index contributed by atoms with van der Waals surface area (Å²) in [6, 6.07) is 7.64. The summed E-state index contributed by atoms with van der Waals surface area (Å²) in [5.74, 6) is 0.667. The molecule has 17 heavy (non-hydrogen) atoms. The Morgan fingerprint density at radius 1 is 1.18 bits per heavy atom. The Kier molecular flexibility index (Phi) is 4.69. The van der Waals surface area contributed by atoms with Gasteiger partial charge in [-0.05, 0) is 17.7 Å². The fourth-order valence-corrected chi connectivity index (χ4v) is 2.24. The smallest absolute Gasteiger partial charge is 0.131 e. The molecule has 0 saturated carbocycles. The zero-order chi connectivity index (χ0) is 12.9. The van der Waals surface area contributed by atoms with Gasteiger partial charge in [-0.2, -0.15) is 0 Å². The first-order valence-corrected chi connectivity index (χ1v) is 9.32. The fraction of sp³-hybridized carbons (Fsp3) is 0.357. The average molecular weight is 248 g/mol. The Bertz CT molecular complexity index is 388. The molecule has 0 fully saturated rings. The van der Waals surface area contributed by atoms with Crippen molar-refractivity contribution in [3.8, 4) is 5.75 Å². The molecule has 0 aliphatic carbocycles. The van der Waals surface area contributed by atoms with Gasteiger partial charge in [0.25, 0.3) is 0 Å².